The van der Waals surface area contributed by atoms with Crippen LogP contribution in [0.4, 0.5) is 0 Å². The summed E-state index contributed by atoms with van der Waals surface area (Å²) in [6.45, 7) is 2.36. The van der Waals surface area contributed by atoms with Crippen LogP contribution in [-0.4, -0.2) is 33.5 Å². The first kappa shape index (κ1) is 20.8. The van der Waals surface area contributed by atoms with Crippen molar-refractivity contribution in [1.82, 2.24) is 14.6 Å². The van der Waals surface area contributed by atoms with E-state index in [4.69, 9.17) is 33.0 Å². The van der Waals surface area contributed by atoms with Crippen LogP contribution in [0.2, 0.25) is 10.0 Å². The second-order valence-corrected chi connectivity index (χ2v) is 8.16. The van der Waals surface area contributed by atoms with E-state index in [0.717, 1.165) is 42.9 Å². The monoisotopic (exact) mass is 442 g/mol. The smallest absolute Gasteiger partial charge is 0.166 e. The molecule has 3 aromatic rings. The Labute approximate surface area is 186 Å². The van der Waals surface area contributed by atoms with Gasteiger partial charge in [-0.3, -0.25) is 9.58 Å². The van der Waals surface area contributed by atoms with Gasteiger partial charge in [-0.05, 0) is 48.7 Å². The molecule has 0 bridgehead atoms. The fourth-order valence-corrected chi connectivity index (χ4v) is 3.81. The quantitative estimate of drug-likeness (QED) is 0.367. The van der Waals surface area contributed by atoms with Crippen molar-refractivity contribution in [2.45, 2.75) is 32.3 Å². The van der Waals surface area contributed by atoms with Gasteiger partial charge >= 0.3 is 0 Å². The SMILES string of the molecule is Clc1ccc(COc2ccc(C(=NN3CCCCCC3)n3ccnc3)c(Cl)c2)cc1. The van der Waals surface area contributed by atoms with Gasteiger partial charge in [0.2, 0.25) is 0 Å². The van der Waals surface area contributed by atoms with Gasteiger partial charge in [-0.15, -0.1) is 0 Å². The molecule has 7 heteroatoms. The lowest BCUT2D eigenvalue weighted by atomic mass is 10.2. The summed E-state index contributed by atoms with van der Waals surface area (Å²) in [5.41, 5.74) is 1.89. The lowest BCUT2D eigenvalue weighted by Crippen LogP contribution is -2.24. The summed E-state index contributed by atoms with van der Waals surface area (Å²) in [5, 5.41) is 8.38. The number of hydrogen-bond acceptors (Lipinski definition) is 4. The third-order valence-electron chi connectivity index (χ3n) is 5.07. The van der Waals surface area contributed by atoms with Crippen molar-refractivity contribution in [3.63, 3.8) is 0 Å². The molecule has 2 heterocycles. The molecule has 1 aromatic heterocycles. The van der Waals surface area contributed by atoms with Crippen molar-refractivity contribution < 1.29 is 4.74 Å². The van der Waals surface area contributed by atoms with Crippen LogP contribution in [0.3, 0.4) is 0 Å². The van der Waals surface area contributed by atoms with Crippen LogP contribution in [0.5, 0.6) is 5.75 Å². The fourth-order valence-electron chi connectivity index (χ4n) is 3.43. The van der Waals surface area contributed by atoms with Gasteiger partial charge in [0.1, 0.15) is 18.7 Å². The minimum Gasteiger partial charge on any atom is -0.489 e. The van der Waals surface area contributed by atoms with E-state index in [-0.39, 0.29) is 0 Å². The molecule has 0 spiro atoms. The topological polar surface area (TPSA) is 42.6 Å². The summed E-state index contributed by atoms with van der Waals surface area (Å²) in [7, 11) is 0. The van der Waals surface area contributed by atoms with E-state index in [0.29, 0.717) is 22.4 Å². The summed E-state index contributed by atoms with van der Waals surface area (Å²) >= 11 is 12.6. The number of nitrogens with zero attached hydrogens (tertiary/aromatic N) is 4. The van der Waals surface area contributed by atoms with E-state index in [1.165, 1.54) is 12.8 Å². The van der Waals surface area contributed by atoms with E-state index in [9.17, 15) is 0 Å². The zero-order valence-corrected chi connectivity index (χ0v) is 18.2. The number of hydrogen-bond donors (Lipinski definition) is 0. The first-order chi connectivity index (χ1) is 14.7. The van der Waals surface area contributed by atoms with E-state index < -0.39 is 0 Å². The van der Waals surface area contributed by atoms with Crippen molar-refractivity contribution in [3.05, 3.63) is 82.4 Å². The molecule has 156 valence electrons. The summed E-state index contributed by atoms with van der Waals surface area (Å²) < 4.78 is 7.81. The van der Waals surface area contributed by atoms with Crippen molar-refractivity contribution in [2.75, 3.05) is 13.1 Å². The number of aromatic nitrogens is 2. The fraction of sp³-hybridized carbons (Fsp3) is 0.304. The molecule has 1 fully saturated rings. The lowest BCUT2D eigenvalue weighted by molar-refractivity contribution is 0.299. The molecule has 1 aliphatic heterocycles. The summed E-state index contributed by atoms with van der Waals surface area (Å²) in [5.74, 6) is 1.47. The molecule has 0 atom stereocenters. The first-order valence-corrected chi connectivity index (χ1v) is 10.9. The van der Waals surface area contributed by atoms with Crippen molar-refractivity contribution in [2.24, 2.45) is 5.10 Å². The average Bonchev–Trinajstić information content (AvgIpc) is 3.16. The van der Waals surface area contributed by atoms with Crippen molar-refractivity contribution >= 4 is 29.0 Å². The summed E-state index contributed by atoms with van der Waals surface area (Å²) in [6, 6.07) is 13.3. The molecule has 2 aromatic carbocycles. The van der Waals surface area contributed by atoms with Crippen LogP contribution in [0.25, 0.3) is 0 Å². The highest BCUT2D eigenvalue weighted by Gasteiger charge is 2.15. The molecule has 4 rings (SSSR count). The Morgan fingerprint density at radius 1 is 1.00 bits per heavy atom. The molecule has 1 saturated heterocycles. The van der Waals surface area contributed by atoms with Gasteiger partial charge < -0.3 is 4.74 Å². The number of ether oxygens (including phenoxy) is 1. The van der Waals surface area contributed by atoms with E-state index >= 15 is 0 Å². The number of rotatable bonds is 5. The van der Waals surface area contributed by atoms with Gasteiger partial charge in [0.05, 0.1) is 5.02 Å². The Morgan fingerprint density at radius 2 is 1.77 bits per heavy atom. The zero-order valence-electron chi connectivity index (χ0n) is 16.7. The van der Waals surface area contributed by atoms with Crippen LogP contribution >= 0.6 is 23.2 Å². The number of hydrazone groups is 1. The predicted octanol–water partition coefficient (Wildman–Crippen LogP) is 5.85. The zero-order chi connectivity index (χ0) is 20.8. The van der Waals surface area contributed by atoms with E-state index in [1.54, 1.807) is 12.5 Å². The molecule has 1 aliphatic rings. The van der Waals surface area contributed by atoms with Crippen LogP contribution in [-0.2, 0) is 6.61 Å². The second-order valence-electron chi connectivity index (χ2n) is 7.32. The standard InChI is InChI=1S/C23H24Cl2N4O/c24-19-7-5-18(6-8-19)16-30-20-9-10-21(22(25)15-20)23(28-14-11-26-17-28)27-29-12-3-1-2-4-13-29/h5-11,14-15,17H,1-4,12-13,16H2. The van der Waals surface area contributed by atoms with Crippen LogP contribution in [0, 0.1) is 0 Å². The van der Waals surface area contributed by atoms with Crippen LogP contribution in [0.15, 0.2) is 66.3 Å². The highest BCUT2D eigenvalue weighted by Crippen LogP contribution is 2.25. The Kier molecular flexibility index (Phi) is 6.92. The minimum atomic E-state index is 0.448. The summed E-state index contributed by atoms with van der Waals surface area (Å²) in [6.07, 6.45) is 10.2. The number of benzene rings is 2. The third kappa shape index (κ3) is 5.35. The summed E-state index contributed by atoms with van der Waals surface area (Å²) in [4.78, 5) is 4.18. The number of halogens is 2. The van der Waals surface area contributed by atoms with Crippen LogP contribution in [0.1, 0.15) is 36.8 Å². The van der Waals surface area contributed by atoms with Gasteiger partial charge in [0, 0.05) is 36.1 Å². The molecule has 0 aliphatic carbocycles. The minimum absolute atomic E-state index is 0.448. The van der Waals surface area contributed by atoms with Crippen LogP contribution < -0.4 is 4.74 Å². The third-order valence-corrected chi connectivity index (χ3v) is 5.63. The van der Waals surface area contributed by atoms with Gasteiger partial charge in [-0.25, -0.2) is 4.98 Å². The molecule has 5 nitrogen and oxygen atoms in total. The molecule has 0 amide bonds. The molecule has 0 unspecified atom stereocenters. The van der Waals surface area contributed by atoms with Gasteiger partial charge in [0.15, 0.2) is 5.84 Å². The average molecular weight is 443 g/mol. The van der Waals surface area contributed by atoms with E-state index in [2.05, 4.69) is 9.99 Å². The van der Waals surface area contributed by atoms with Gasteiger partial charge in [0.25, 0.3) is 0 Å². The molecule has 0 N–H and O–H groups in total. The molecule has 0 saturated carbocycles. The Hall–Kier alpha value is -2.50. The van der Waals surface area contributed by atoms with E-state index in [1.807, 2.05) is 53.2 Å². The molecular weight excluding hydrogens is 419 g/mol. The molecule has 30 heavy (non-hydrogen) atoms. The Balaban J connectivity index is 1.55. The lowest BCUT2D eigenvalue weighted by Gasteiger charge is -2.19. The normalized spacial score (nSPS) is 15.1. The maximum Gasteiger partial charge on any atom is 0.166 e. The maximum absolute atomic E-state index is 6.66. The van der Waals surface area contributed by atoms with Crippen molar-refractivity contribution in [3.8, 4) is 5.75 Å². The second kappa shape index (κ2) is 10.0. The van der Waals surface area contributed by atoms with Crippen molar-refractivity contribution in [1.29, 1.82) is 0 Å². The largest absolute Gasteiger partial charge is 0.489 e. The van der Waals surface area contributed by atoms with Gasteiger partial charge in [-0.1, -0.05) is 48.2 Å². The predicted molar refractivity (Wildman–Crippen MR) is 121 cm³/mol. The first-order valence-electron chi connectivity index (χ1n) is 10.2. The highest BCUT2D eigenvalue weighted by atomic mass is 35.5. The highest BCUT2D eigenvalue weighted by molar-refractivity contribution is 6.34. The Bertz CT molecular complexity index is 979. The molecular formula is C23H24Cl2N4O. The molecule has 0 radical (unpaired) electrons. The Morgan fingerprint density at radius 3 is 2.43 bits per heavy atom. The van der Waals surface area contributed by atoms with Gasteiger partial charge in [-0.2, -0.15) is 5.10 Å². The maximum atomic E-state index is 6.66. The number of imidazole rings is 1.